The average Bonchev–Trinajstić information content (AvgIpc) is 3.92. The number of hydrogen-bond acceptors (Lipinski definition) is 10. The summed E-state index contributed by atoms with van der Waals surface area (Å²) in [7, 11) is 0. The molecule has 4 rings (SSSR count). The lowest BCUT2D eigenvalue weighted by atomic mass is 9.96. The van der Waals surface area contributed by atoms with E-state index in [0.29, 0.717) is 31.2 Å². The molecule has 3 aliphatic heterocycles. The normalized spacial score (nSPS) is 29.1. The Kier molecular flexibility index (Phi) is 16.6. The van der Waals surface area contributed by atoms with E-state index in [-0.39, 0.29) is 32.4 Å². The first kappa shape index (κ1) is 45.6. The Morgan fingerprint density at radius 3 is 1.72 bits per heavy atom. The minimum Gasteiger partial charge on any atom is -0.394 e. The predicted octanol–water partition coefficient (Wildman–Crippen LogP) is -1.77. The SMILES string of the molecule is CC[C@H](C)[C@@H]1NC(=O)[C@H](Cc2ccccc2)NC(=O)[C@@H]2CCCN2C(=O)[C@H](CO)NC(=O)[C@@H]2CCCN2C(=O)[C@H]([C@@H](C)CC)NC(=O)[C@H]([C@@H](C)O)NC(=O)CNC1=O. The molecular weight excluding hydrogens is 752 g/mol. The van der Waals surface area contributed by atoms with Crippen molar-refractivity contribution in [2.45, 2.75) is 128 Å². The van der Waals surface area contributed by atoms with Crippen molar-refractivity contribution in [1.82, 2.24) is 41.7 Å². The number of nitrogens with zero attached hydrogens (tertiary/aromatic N) is 2. The van der Waals surface area contributed by atoms with Gasteiger partial charge in [-0.3, -0.25) is 38.4 Å². The van der Waals surface area contributed by atoms with Crippen molar-refractivity contribution < 1.29 is 48.6 Å². The molecule has 320 valence electrons. The van der Waals surface area contributed by atoms with Crippen LogP contribution in [0.4, 0.5) is 0 Å². The average molecular weight is 813 g/mol. The molecule has 0 aliphatic carbocycles. The molecule has 0 spiro atoms. The zero-order valence-corrected chi connectivity index (χ0v) is 34.0. The van der Waals surface area contributed by atoms with Crippen molar-refractivity contribution in [2.75, 3.05) is 26.2 Å². The second-order valence-electron chi connectivity index (χ2n) is 15.6. The Morgan fingerprint density at radius 2 is 1.17 bits per heavy atom. The van der Waals surface area contributed by atoms with E-state index in [9.17, 15) is 48.6 Å². The van der Waals surface area contributed by atoms with E-state index in [4.69, 9.17) is 0 Å². The highest BCUT2D eigenvalue weighted by Gasteiger charge is 2.43. The topological polar surface area (TPSA) is 256 Å². The van der Waals surface area contributed by atoms with E-state index in [1.165, 1.54) is 16.7 Å². The lowest BCUT2D eigenvalue weighted by Gasteiger charge is -2.34. The van der Waals surface area contributed by atoms with Crippen LogP contribution in [0.1, 0.15) is 78.7 Å². The number of carbonyl (C=O) groups is 8. The Hall–Kier alpha value is -5.10. The number of carbonyl (C=O) groups excluding carboxylic acids is 8. The quantitative estimate of drug-likeness (QED) is 0.147. The van der Waals surface area contributed by atoms with Crippen LogP contribution in [-0.2, 0) is 44.8 Å². The van der Waals surface area contributed by atoms with Crippen molar-refractivity contribution in [3.05, 3.63) is 35.9 Å². The fourth-order valence-corrected chi connectivity index (χ4v) is 7.55. The van der Waals surface area contributed by atoms with Crippen LogP contribution in [0.5, 0.6) is 0 Å². The molecule has 3 aliphatic rings. The lowest BCUT2D eigenvalue weighted by Crippen LogP contribution is -2.62. The molecule has 3 fully saturated rings. The summed E-state index contributed by atoms with van der Waals surface area (Å²) in [6.07, 6.45) is 0.829. The smallest absolute Gasteiger partial charge is 0.248 e. The van der Waals surface area contributed by atoms with Crippen molar-refractivity contribution in [2.24, 2.45) is 11.8 Å². The van der Waals surface area contributed by atoms with E-state index in [2.05, 4.69) is 31.9 Å². The van der Waals surface area contributed by atoms with Crippen LogP contribution in [0.25, 0.3) is 0 Å². The molecular formula is C40H60N8O10. The molecule has 1 aromatic carbocycles. The number of aliphatic hydroxyl groups excluding tert-OH is 2. The summed E-state index contributed by atoms with van der Waals surface area (Å²) in [4.78, 5) is 113. The first-order chi connectivity index (χ1) is 27.6. The maximum Gasteiger partial charge on any atom is 0.248 e. The van der Waals surface area contributed by atoms with Crippen LogP contribution in [0.3, 0.4) is 0 Å². The highest BCUT2D eigenvalue weighted by Crippen LogP contribution is 2.23. The summed E-state index contributed by atoms with van der Waals surface area (Å²) < 4.78 is 0. The number of benzene rings is 1. The summed E-state index contributed by atoms with van der Waals surface area (Å²) in [5, 5.41) is 36.6. The number of amides is 8. The van der Waals surface area contributed by atoms with Gasteiger partial charge in [-0.15, -0.1) is 0 Å². The summed E-state index contributed by atoms with van der Waals surface area (Å²) >= 11 is 0. The minimum absolute atomic E-state index is 0.0307. The second-order valence-corrected chi connectivity index (χ2v) is 15.6. The maximum atomic E-state index is 14.1. The molecule has 0 aromatic heterocycles. The van der Waals surface area contributed by atoms with Crippen LogP contribution >= 0.6 is 0 Å². The minimum atomic E-state index is -1.54. The largest absolute Gasteiger partial charge is 0.394 e. The van der Waals surface area contributed by atoms with Gasteiger partial charge in [0.1, 0.15) is 42.3 Å². The van der Waals surface area contributed by atoms with Gasteiger partial charge in [0, 0.05) is 19.5 Å². The third kappa shape index (κ3) is 11.3. The van der Waals surface area contributed by atoms with E-state index >= 15 is 0 Å². The van der Waals surface area contributed by atoms with Crippen LogP contribution in [0.2, 0.25) is 0 Å². The first-order valence-corrected chi connectivity index (χ1v) is 20.3. The van der Waals surface area contributed by atoms with Gasteiger partial charge in [-0.1, -0.05) is 70.9 Å². The molecule has 10 atom stereocenters. The lowest BCUT2D eigenvalue weighted by molar-refractivity contribution is -0.146. The standard InChI is InChI=1S/C40H60N8O10/c1-6-22(3)31-37(55)41-20-30(51)44-33(24(5)50)38(56)46-32(23(4)7-2)40(58)48-18-12-16-29(48)36(54)43-27(21-49)39(57)47-17-11-15-28(47)35(53)42-26(34(52)45-31)19-25-13-9-8-10-14-25/h8-10,13-14,22-24,26-29,31-33,49-50H,6-7,11-12,15-21H2,1-5H3,(H,41,55)(H,42,53)(H,43,54)(H,44,51)(H,45,52)(H,46,56)/t22-,23-,24+,26-,27-,28-,29-,31-,32-,33-/m0/s1. The van der Waals surface area contributed by atoms with E-state index in [1.54, 1.807) is 44.2 Å². The monoisotopic (exact) mass is 812 g/mol. The van der Waals surface area contributed by atoms with Crippen LogP contribution in [0, 0.1) is 11.8 Å². The van der Waals surface area contributed by atoms with Crippen molar-refractivity contribution in [1.29, 1.82) is 0 Å². The van der Waals surface area contributed by atoms with Gasteiger partial charge < -0.3 is 51.9 Å². The molecule has 8 amide bonds. The zero-order chi connectivity index (χ0) is 42.7. The number of fused-ring (bicyclic) bond motifs is 2. The predicted molar refractivity (Wildman–Crippen MR) is 210 cm³/mol. The molecule has 0 unspecified atom stereocenters. The fourth-order valence-electron chi connectivity index (χ4n) is 7.55. The summed E-state index contributed by atoms with van der Waals surface area (Å²) in [5.41, 5.74) is 0.700. The van der Waals surface area contributed by atoms with E-state index < -0.39 is 121 Å². The van der Waals surface area contributed by atoms with Crippen LogP contribution in [0.15, 0.2) is 30.3 Å². The fraction of sp³-hybridized carbons (Fsp3) is 0.650. The zero-order valence-electron chi connectivity index (χ0n) is 34.0. The molecule has 3 saturated heterocycles. The summed E-state index contributed by atoms with van der Waals surface area (Å²) in [5.74, 6) is -6.62. The molecule has 0 radical (unpaired) electrons. The van der Waals surface area contributed by atoms with Crippen molar-refractivity contribution in [3.8, 4) is 0 Å². The summed E-state index contributed by atoms with van der Waals surface area (Å²) in [6, 6.07) is 0.265. The van der Waals surface area contributed by atoms with E-state index in [1.807, 2.05) is 13.8 Å². The Labute approximate surface area is 339 Å². The van der Waals surface area contributed by atoms with Gasteiger partial charge in [-0.05, 0) is 50.0 Å². The third-order valence-electron chi connectivity index (χ3n) is 11.5. The van der Waals surface area contributed by atoms with Gasteiger partial charge >= 0.3 is 0 Å². The number of nitrogens with one attached hydrogen (secondary N) is 6. The molecule has 0 saturated carbocycles. The Bertz CT molecular complexity index is 1660. The molecule has 0 bridgehead atoms. The van der Waals surface area contributed by atoms with Crippen molar-refractivity contribution >= 4 is 47.3 Å². The first-order valence-electron chi connectivity index (χ1n) is 20.3. The van der Waals surface area contributed by atoms with Crippen molar-refractivity contribution in [3.63, 3.8) is 0 Å². The highest BCUT2D eigenvalue weighted by atomic mass is 16.3. The van der Waals surface area contributed by atoms with Gasteiger partial charge in [-0.25, -0.2) is 0 Å². The number of hydrogen-bond donors (Lipinski definition) is 8. The third-order valence-corrected chi connectivity index (χ3v) is 11.5. The highest BCUT2D eigenvalue weighted by molar-refractivity contribution is 5.99. The molecule has 18 nitrogen and oxygen atoms in total. The molecule has 1 aromatic rings. The van der Waals surface area contributed by atoms with Gasteiger partial charge in [-0.2, -0.15) is 0 Å². The second kappa shape index (κ2) is 21.1. The van der Waals surface area contributed by atoms with Gasteiger partial charge in [0.15, 0.2) is 0 Å². The maximum absolute atomic E-state index is 14.1. The van der Waals surface area contributed by atoms with Gasteiger partial charge in [0.2, 0.25) is 47.3 Å². The molecule has 8 N–H and O–H groups in total. The van der Waals surface area contributed by atoms with Gasteiger partial charge in [0.25, 0.3) is 0 Å². The number of rotatable bonds is 8. The van der Waals surface area contributed by atoms with Crippen LogP contribution < -0.4 is 31.9 Å². The number of aliphatic hydroxyl groups is 2. The Balaban J connectivity index is 1.72. The van der Waals surface area contributed by atoms with Gasteiger partial charge in [0.05, 0.1) is 19.3 Å². The Morgan fingerprint density at radius 1 is 0.638 bits per heavy atom. The summed E-state index contributed by atoms with van der Waals surface area (Å²) in [6.45, 7) is 7.24. The van der Waals surface area contributed by atoms with E-state index in [0.717, 1.165) is 0 Å². The molecule has 18 heteroatoms. The van der Waals surface area contributed by atoms with Crippen LogP contribution in [-0.4, -0.2) is 142 Å². The molecule has 58 heavy (non-hydrogen) atoms. The molecule has 3 heterocycles.